The average molecular weight is 319 g/mol. The molecule has 0 spiro atoms. The molecule has 7 heteroatoms. The molecular weight excluding hydrogens is 300 g/mol. The van der Waals surface area contributed by atoms with Crippen molar-refractivity contribution in [3.63, 3.8) is 0 Å². The van der Waals surface area contributed by atoms with Crippen LogP contribution in [0.4, 0.5) is 0 Å². The first-order chi connectivity index (χ1) is 9.18. The van der Waals surface area contributed by atoms with Crippen LogP contribution in [0, 0.1) is 5.92 Å². The van der Waals surface area contributed by atoms with Gasteiger partial charge in [0.1, 0.15) is 0 Å². The second kappa shape index (κ2) is 6.56. The summed E-state index contributed by atoms with van der Waals surface area (Å²) >= 11 is 5.98. The summed E-state index contributed by atoms with van der Waals surface area (Å²) in [6, 6.07) is 4.21. The lowest BCUT2D eigenvalue weighted by Crippen LogP contribution is -2.32. The first-order valence-electron chi connectivity index (χ1n) is 6.25. The number of primary sulfonamides is 1. The number of nitrogens with zero attached hydrogens (tertiary/aromatic N) is 1. The van der Waals surface area contributed by atoms with E-state index < -0.39 is 15.9 Å². The fourth-order valence-corrected chi connectivity index (χ4v) is 2.88. The molecule has 0 fully saturated rings. The van der Waals surface area contributed by atoms with Gasteiger partial charge in [-0.05, 0) is 18.1 Å². The molecule has 0 heterocycles. The summed E-state index contributed by atoms with van der Waals surface area (Å²) in [6.07, 6.45) is 0.919. The second-order valence-corrected chi connectivity index (χ2v) is 6.79. The minimum Gasteiger partial charge on any atom is -0.341 e. The van der Waals surface area contributed by atoms with E-state index in [1.165, 1.54) is 23.1 Å². The Morgan fingerprint density at radius 3 is 2.55 bits per heavy atom. The zero-order valence-corrected chi connectivity index (χ0v) is 13.3. The molecule has 0 aliphatic carbocycles. The lowest BCUT2D eigenvalue weighted by molar-refractivity contribution is 0.0771. The summed E-state index contributed by atoms with van der Waals surface area (Å²) in [5.41, 5.74) is -0.0672. The molecule has 0 aromatic heterocycles. The molecule has 0 bridgehead atoms. The molecule has 0 aliphatic rings. The Labute approximate surface area is 124 Å². The fraction of sp³-hybridized carbons (Fsp3) is 0.462. The van der Waals surface area contributed by atoms with Gasteiger partial charge in [-0.25, -0.2) is 13.6 Å². The number of carbonyl (C=O) groups is 1. The van der Waals surface area contributed by atoms with Gasteiger partial charge in [0, 0.05) is 13.6 Å². The van der Waals surface area contributed by atoms with Gasteiger partial charge >= 0.3 is 0 Å². The second-order valence-electron chi connectivity index (χ2n) is 4.86. The highest BCUT2D eigenvalue weighted by atomic mass is 35.5. The topological polar surface area (TPSA) is 80.5 Å². The number of rotatable bonds is 5. The highest BCUT2D eigenvalue weighted by Gasteiger charge is 2.25. The first kappa shape index (κ1) is 16.9. The third-order valence-corrected chi connectivity index (χ3v) is 4.39. The largest absolute Gasteiger partial charge is 0.341 e. The van der Waals surface area contributed by atoms with Crippen molar-refractivity contribution in [3.05, 3.63) is 28.8 Å². The van der Waals surface area contributed by atoms with Crippen molar-refractivity contribution in [1.82, 2.24) is 4.90 Å². The number of sulfonamides is 1. The van der Waals surface area contributed by atoms with Crippen molar-refractivity contribution in [3.8, 4) is 0 Å². The normalized spacial score (nSPS) is 13.1. The maximum Gasteiger partial charge on any atom is 0.256 e. The third kappa shape index (κ3) is 3.94. The van der Waals surface area contributed by atoms with Crippen LogP contribution in [0.3, 0.4) is 0 Å². The molecular formula is C13H19ClN2O3S. The van der Waals surface area contributed by atoms with Gasteiger partial charge in [-0.3, -0.25) is 4.79 Å². The maximum absolute atomic E-state index is 12.4. The number of benzene rings is 1. The smallest absolute Gasteiger partial charge is 0.256 e. The van der Waals surface area contributed by atoms with Gasteiger partial charge in [0.25, 0.3) is 5.91 Å². The molecule has 112 valence electrons. The van der Waals surface area contributed by atoms with Gasteiger partial charge in [-0.1, -0.05) is 37.9 Å². The minimum atomic E-state index is -4.00. The predicted molar refractivity (Wildman–Crippen MR) is 79.2 cm³/mol. The van der Waals surface area contributed by atoms with Crippen LogP contribution in [0.15, 0.2) is 23.1 Å². The quantitative estimate of drug-likeness (QED) is 0.902. The molecule has 1 aromatic carbocycles. The summed E-state index contributed by atoms with van der Waals surface area (Å²) in [4.78, 5) is 13.6. The van der Waals surface area contributed by atoms with Crippen molar-refractivity contribution < 1.29 is 13.2 Å². The minimum absolute atomic E-state index is 0.0672. The Kier molecular flexibility index (Phi) is 5.56. The molecule has 2 N–H and O–H groups in total. The van der Waals surface area contributed by atoms with Crippen molar-refractivity contribution >= 4 is 27.5 Å². The van der Waals surface area contributed by atoms with Crippen molar-refractivity contribution in [1.29, 1.82) is 0 Å². The van der Waals surface area contributed by atoms with Crippen LogP contribution in [0.25, 0.3) is 0 Å². The summed E-state index contributed by atoms with van der Waals surface area (Å²) in [5, 5.41) is 5.22. The summed E-state index contributed by atoms with van der Waals surface area (Å²) in [7, 11) is -2.38. The Hall–Kier alpha value is -1.11. The van der Waals surface area contributed by atoms with Crippen LogP contribution in [0.1, 0.15) is 30.6 Å². The lowest BCUT2D eigenvalue weighted by Gasteiger charge is -2.22. The lowest BCUT2D eigenvalue weighted by atomic mass is 10.1. The zero-order chi connectivity index (χ0) is 15.5. The van der Waals surface area contributed by atoms with Crippen molar-refractivity contribution in [2.45, 2.75) is 25.2 Å². The number of hydrogen-bond donors (Lipinski definition) is 1. The number of hydrogen-bond acceptors (Lipinski definition) is 3. The fourth-order valence-electron chi connectivity index (χ4n) is 1.82. The van der Waals surface area contributed by atoms with Crippen LogP contribution in [0.5, 0.6) is 0 Å². The molecule has 0 radical (unpaired) electrons. The van der Waals surface area contributed by atoms with E-state index in [9.17, 15) is 13.2 Å². The summed E-state index contributed by atoms with van der Waals surface area (Å²) < 4.78 is 23.1. The molecule has 0 saturated carbocycles. The van der Waals surface area contributed by atoms with Gasteiger partial charge in [0.15, 0.2) is 0 Å². The molecule has 1 aromatic rings. The molecule has 1 amide bonds. The standard InChI is InChI=1S/C13H19ClN2O3S/c1-4-9(2)8-16(3)13(17)12-10(14)6-5-7-11(12)20(15,18)19/h5-7,9H,4,8H2,1-3H3,(H2,15,18,19). The number of halogens is 1. The molecule has 5 nitrogen and oxygen atoms in total. The Balaban J connectivity index is 3.22. The van der Waals surface area contributed by atoms with E-state index in [1.807, 2.05) is 13.8 Å². The van der Waals surface area contributed by atoms with Crippen molar-refractivity contribution in [2.24, 2.45) is 11.1 Å². The van der Waals surface area contributed by atoms with Gasteiger partial charge < -0.3 is 4.90 Å². The number of amides is 1. The van der Waals surface area contributed by atoms with Crippen molar-refractivity contribution in [2.75, 3.05) is 13.6 Å². The van der Waals surface area contributed by atoms with Gasteiger partial charge in [0.2, 0.25) is 10.0 Å². The monoisotopic (exact) mass is 318 g/mol. The number of nitrogens with two attached hydrogens (primary N) is 1. The summed E-state index contributed by atoms with van der Waals surface area (Å²) in [5.74, 6) is -0.135. The Bertz CT molecular complexity index is 602. The van der Waals surface area contributed by atoms with Crippen LogP contribution in [-0.2, 0) is 10.0 Å². The SMILES string of the molecule is CCC(C)CN(C)C(=O)c1c(Cl)cccc1S(N)(=O)=O. The first-order valence-corrected chi connectivity index (χ1v) is 8.17. The van der Waals surface area contributed by atoms with E-state index in [-0.39, 0.29) is 15.5 Å². The Morgan fingerprint density at radius 1 is 1.45 bits per heavy atom. The molecule has 20 heavy (non-hydrogen) atoms. The van der Waals surface area contributed by atoms with Gasteiger partial charge in [-0.15, -0.1) is 0 Å². The van der Waals surface area contributed by atoms with Crippen LogP contribution < -0.4 is 5.14 Å². The van der Waals surface area contributed by atoms with Crippen LogP contribution in [-0.4, -0.2) is 32.8 Å². The molecule has 1 unspecified atom stereocenters. The zero-order valence-electron chi connectivity index (χ0n) is 11.8. The van der Waals surface area contributed by atoms with E-state index in [0.29, 0.717) is 12.5 Å². The average Bonchev–Trinajstić information content (AvgIpc) is 2.36. The maximum atomic E-state index is 12.4. The highest BCUT2D eigenvalue weighted by molar-refractivity contribution is 7.89. The summed E-state index contributed by atoms with van der Waals surface area (Å²) in [6.45, 7) is 4.55. The highest BCUT2D eigenvalue weighted by Crippen LogP contribution is 2.24. The molecule has 0 aliphatic heterocycles. The Morgan fingerprint density at radius 2 is 2.05 bits per heavy atom. The molecule has 0 saturated heterocycles. The van der Waals surface area contributed by atoms with E-state index in [1.54, 1.807) is 7.05 Å². The predicted octanol–water partition coefficient (Wildman–Crippen LogP) is 2.11. The molecule has 1 rings (SSSR count). The van der Waals surface area contributed by atoms with E-state index >= 15 is 0 Å². The molecule has 1 atom stereocenters. The van der Waals surface area contributed by atoms with E-state index in [4.69, 9.17) is 16.7 Å². The van der Waals surface area contributed by atoms with Crippen LogP contribution >= 0.6 is 11.6 Å². The number of carbonyl (C=O) groups excluding carboxylic acids is 1. The van der Waals surface area contributed by atoms with Gasteiger partial charge in [0.05, 0.1) is 15.5 Å². The van der Waals surface area contributed by atoms with Crippen LogP contribution in [0.2, 0.25) is 5.02 Å². The van der Waals surface area contributed by atoms with Gasteiger partial charge in [-0.2, -0.15) is 0 Å². The van der Waals surface area contributed by atoms with E-state index in [2.05, 4.69) is 0 Å². The van der Waals surface area contributed by atoms with E-state index in [0.717, 1.165) is 6.42 Å². The third-order valence-electron chi connectivity index (χ3n) is 3.12.